The number of carbonyl (C=O) groups is 1. The SMILES string of the molecule is Cc1cc(Cl)ccc1OCC(=O)OC(c1ccccc1)[PH]1(P)OCC(C)(C)CO1. The summed E-state index contributed by atoms with van der Waals surface area (Å²) in [5.74, 6) is -0.515. The minimum atomic E-state index is -2.88. The predicted molar refractivity (Wildman–Crippen MR) is 121 cm³/mol. The maximum absolute atomic E-state index is 12.6. The van der Waals surface area contributed by atoms with Gasteiger partial charge in [-0.25, -0.2) is 0 Å². The second kappa shape index (κ2) is 9.29. The van der Waals surface area contributed by atoms with Crippen LogP contribution < -0.4 is 4.74 Å². The Labute approximate surface area is 179 Å². The van der Waals surface area contributed by atoms with Gasteiger partial charge in [-0.05, 0) is 0 Å². The first kappa shape index (κ1) is 22.5. The van der Waals surface area contributed by atoms with Gasteiger partial charge in [-0.2, -0.15) is 0 Å². The Morgan fingerprint density at radius 1 is 1.21 bits per heavy atom. The molecule has 158 valence electrons. The van der Waals surface area contributed by atoms with E-state index in [1.807, 2.05) is 37.3 Å². The summed E-state index contributed by atoms with van der Waals surface area (Å²) in [5, 5.41) is 0.618. The summed E-state index contributed by atoms with van der Waals surface area (Å²) in [4.78, 5) is 12.6. The molecule has 5 nitrogen and oxygen atoms in total. The van der Waals surface area contributed by atoms with Crippen LogP contribution in [-0.4, -0.2) is 25.8 Å². The van der Waals surface area contributed by atoms with Crippen molar-refractivity contribution in [3.63, 3.8) is 0 Å². The molecule has 0 N–H and O–H groups in total. The molecule has 0 aromatic heterocycles. The number of halogens is 1. The standard InChI is InChI=1S/C21H27ClO5P2/c1-15-11-17(22)9-10-18(15)24-12-19(23)27-20(16-7-5-4-6-8-16)29(28)25-13-21(2,3)14-26-29/h4-11,20,29H,12-14,28H2,1-3H3. The van der Waals surface area contributed by atoms with E-state index in [0.29, 0.717) is 24.0 Å². The molecule has 0 spiro atoms. The molecule has 1 heterocycles. The van der Waals surface area contributed by atoms with Gasteiger partial charge < -0.3 is 0 Å². The topological polar surface area (TPSA) is 54.0 Å². The molecule has 1 aliphatic rings. The van der Waals surface area contributed by atoms with Crippen molar-refractivity contribution in [1.29, 1.82) is 0 Å². The van der Waals surface area contributed by atoms with Crippen molar-refractivity contribution < 1.29 is 23.3 Å². The van der Waals surface area contributed by atoms with Crippen molar-refractivity contribution in [3.05, 3.63) is 64.7 Å². The van der Waals surface area contributed by atoms with Gasteiger partial charge in [-0.3, -0.25) is 0 Å². The fourth-order valence-corrected chi connectivity index (χ4v) is 7.02. The van der Waals surface area contributed by atoms with Crippen LogP contribution >= 0.6 is 27.9 Å². The molecule has 2 aromatic rings. The third kappa shape index (κ3) is 5.90. The summed E-state index contributed by atoms with van der Waals surface area (Å²) in [6.07, 6.45) is 0. The third-order valence-corrected chi connectivity index (χ3v) is 9.09. The molecular weight excluding hydrogens is 430 g/mol. The van der Waals surface area contributed by atoms with E-state index in [1.54, 1.807) is 18.2 Å². The predicted octanol–water partition coefficient (Wildman–Crippen LogP) is 5.71. The molecule has 2 aromatic carbocycles. The zero-order valence-electron chi connectivity index (χ0n) is 16.8. The van der Waals surface area contributed by atoms with Gasteiger partial charge in [0.05, 0.1) is 0 Å². The van der Waals surface area contributed by atoms with E-state index in [9.17, 15) is 4.79 Å². The zero-order chi connectivity index (χ0) is 21.1. The molecule has 0 amide bonds. The quantitative estimate of drug-likeness (QED) is 0.411. The Balaban J connectivity index is 1.72. The summed E-state index contributed by atoms with van der Waals surface area (Å²) in [6.45, 7) is 6.91. The van der Waals surface area contributed by atoms with E-state index in [0.717, 1.165) is 11.1 Å². The van der Waals surface area contributed by atoms with E-state index in [-0.39, 0.29) is 12.0 Å². The summed E-state index contributed by atoms with van der Waals surface area (Å²) < 4.78 is 23.8. The van der Waals surface area contributed by atoms with Crippen molar-refractivity contribution in [2.24, 2.45) is 5.41 Å². The maximum atomic E-state index is 12.6. The molecule has 0 aliphatic carbocycles. The van der Waals surface area contributed by atoms with Crippen LogP contribution in [0.15, 0.2) is 48.5 Å². The number of hydrogen-bond donors (Lipinski definition) is 0. The average Bonchev–Trinajstić information content (AvgIpc) is 2.69. The van der Waals surface area contributed by atoms with Gasteiger partial charge in [0.1, 0.15) is 0 Å². The molecule has 2 unspecified atom stereocenters. The Hall–Kier alpha value is -1.22. The van der Waals surface area contributed by atoms with Crippen LogP contribution in [0.4, 0.5) is 0 Å². The van der Waals surface area contributed by atoms with Crippen LogP contribution in [0.25, 0.3) is 0 Å². The first-order chi connectivity index (χ1) is 13.7. The molecule has 1 fully saturated rings. The van der Waals surface area contributed by atoms with Crippen LogP contribution in [0, 0.1) is 12.3 Å². The Morgan fingerprint density at radius 2 is 1.86 bits per heavy atom. The Kier molecular flexibility index (Phi) is 7.19. The van der Waals surface area contributed by atoms with Gasteiger partial charge in [0, 0.05) is 0 Å². The number of rotatable bonds is 6. The van der Waals surface area contributed by atoms with Crippen molar-refractivity contribution >= 4 is 33.9 Å². The van der Waals surface area contributed by atoms with E-state index in [1.165, 1.54) is 0 Å². The number of aryl methyl sites for hydroxylation is 1. The Bertz CT molecular complexity index is 849. The van der Waals surface area contributed by atoms with Gasteiger partial charge >= 0.3 is 180 Å². The van der Waals surface area contributed by atoms with Gasteiger partial charge in [-0.1, -0.05) is 0 Å². The van der Waals surface area contributed by atoms with Gasteiger partial charge in [0.15, 0.2) is 0 Å². The summed E-state index contributed by atoms with van der Waals surface area (Å²) in [7, 11) is -0.181. The number of esters is 1. The van der Waals surface area contributed by atoms with Crippen LogP contribution in [0.1, 0.15) is 30.8 Å². The molecule has 0 radical (unpaired) electrons. The van der Waals surface area contributed by atoms with Gasteiger partial charge in [0.2, 0.25) is 0 Å². The first-order valence-corrected chi connectivity index (χ1v) is 13.5. The summed E-state index contributed by atoms with van der Waals surface area (Å²) in [6, 6.07) is 14.8. The average molecular weight is 457 g/mol. The van der Waals surface area contributed by atoms with Crippen LogP contribution in [0.3, 0.4) is 0 Å². The summed E-state index contributed by atoms with van der Waals surface area (Å²) >= 11 is 5.97. The van der Waals surface area contributed by atoms with E-state index in [4.69, 9.17) is 30.1 Å². The molecule has 1 saturated heterocycles. The Morgan fingerprint density at radius 3 is 2.48 bits per heavy atom. The number of benzene rings is 2. The minimum absolute atomic E-state index is 0.0759. The fraction of sp³-hybridized carbons (Fsp3) is 0.381. The molecule has 3 rings (SSSR count). The van der Waals surface area contributed by atoms with E-state index >= 15 is 0 Å². The number of ether oxygens (including phenoxy) is 2. The van der Waals surface area contributed by atoms with E-state index in [2.05, 4.69) is 22.8 Å². The molecular formula is C21H27ClO5P2. The second-order valence-electron chi connectivity index (χ2n) is 7.94. The first-order valence-electron chi connectivity index (χ1n) is 9.39. The zero-order valence-corrected chi connectivity index (χ0v) is 19.7. The molecule has 29 heavy (non-hydrogen) atoms. The number of carbonyl (C=O) groups excluding carboxylic acids is 1. The molecule has 1 aliphatic heterocycles. The van der Waals surface area contributed by atoms with E-state index < -0.39 is 19.2 Å². The van der Waals surface area contributed by atoms with Gasteiger partial charge in [-0.15, -0.1) is 0 Å². The van der Waals surface area contributed by atoms with Gasteiger partial charge in [0.25, 0.3) is 0 Å². The molecule has 0 saturated carbocycles. The fourth-order valence-electron chi connectivity index (χ4n) is 2.94. The molecule has 8 heteroatoms. The molecule has 0 bridgehead atoms. The van der Waals surface area contributed by atoms with Crippen LogP contribution in [0.5, 0.6) is 5.75 Å². The van der Waals surface area contributed by atoms with Crippen molar-refractivity contribution in [2.45, 2.75) is 26.6 Å². The monoisotopic (exact) mass is 456 g/mol. The van der Waals surface area contributed by atoms with Crippen molar-refractivity contribution in [3.8, 4) is 5.75 Å². The summed E-state index contributed by atoms with van der Waals surface area (Å²) in [5.41, 5.74) is 1.61. The van der Waals surface area contributed by atoms with Crippen molar-refractivity contribution in [2.75, 3.05) is 19.8 Å². The molecule has 2 atom stereocenters. The van der Waals surface area contributed by atoms with Crippen LogP contribution in [-0.2, 0) is 18.6 Å². The number of hydrogen-bond acceptors (Lipinski definition) is 5. The van der Waals surface area contributed by atoms with Crippen LogP contribution in [0.2, 0.25) is 5.02 Å². The normalized spacial score (nSPS) is 19.8. The third-order valence-electron chi connectivity index (χ3n) is 4.58. The van der Waals surface area contributed by atoms with Crippen molar-refractivity contribution in [1.82, 2.24) is 0 Å². The second-order valence-corrected chi connectivity index (χ2v) is 13.3.